The zero-order valence-electron chi connectivity index (χ0n) is 12.8. The maximum absolute atomic E-state index is 12.4. The summed E-state index contributed by atoms with van der Waals surface area (Å²) in [6.45, 7) is 3.33. The molecule has 0 atom stereocenters. The van der Waals surface area contributed by atoms with Crippen molar-refractivity contribution in [2.75, 3.05) is 4.72 Å². The Hall–Kier alpha value is -2.60. The number of aliphatic carboxylic acids is 1. The summed E-state index contributed by atoms with van der Waals surface area (Å²) in [6, 6.07) is 13.1. The molecule has 5 nitrogen and oxygen atoms in total. The van der Waals surface area contributed by atoms with Gasteiger partial charge < -0.3 is 5.11 Å². The lowest BCUT2D eigenvalue weighted by Crippen LogP contribution is -2.13. The molecule has 23 heavy (non-hydrogen) atoms. The third kappa shape index (κ3) is 4.20. The number of aryl methyl sites for hydroxylation is 1. The van der Waals surface area contributed by atoms with Gasteiger partial charge >= 0.3 is 5.97 Å². The van der Waals surface area contributed by atoms with Crippen LogP contribution in [0.5, 0.6) is 0 Å². The van der Waals surface area contributed by atoms with E-state index >= 15 is 0 Å². The Balaban J connectivity index is 2.39. The van der Waals surface area contributed by atoms with Gasteiger partial charge in [-0.15, -0.1) is 0 Å². The molecule has 6 heteroatoms. The van der Waals surface area contributed by atoms with Gasteiger partial charge in [-0.2, -0.15) is 0 Å². The summed E-state index contributed by atoms with van der Waals surface area (Å²) in [5.74, 6) is -1.05. The second kappa shape index (κ2) is 6.66. The summed E-state index contributed by atoms with van der Waals surface area (Å²) in [6.07, 6.45) is 1.43. The van der Waals surface area contributed by atoms with Crippen LogP contribution in [-0.2, 0) is 14.8 Å². The summed E-state index contributed by atoms with van der Waals surface area (Å²) in [7, 11) is -3.74. The molecule has 0 aromatic heterocycles. The van der Waals surface area contributed by atoms with Gasteiger partial charge in [-0.1, -0.05) is 35.9 Å². The lowest BCUT2D eigenvalue weighted by Gasteiger charge is -2.11. The third-order valence-electron chi connectivity index (χ3n) is 3.25. The molecule has 2 aromatic rings. The fourth-order valence-corrected chi connectivity index (χ4v) is 3.02. The zero-order chi connectivity index (χ0) is 17.0. The fraction of sp³-hybridized carbons (Fsp3) is 0.118. The summed E-state index contributed by atoms with van der Waals surface area (Å²) in [4.78, 5) is 11.1. The largest absolute Gasteiger partial charge is 0.478 e. The highest BCUT2D eigenvalue weighted by atomic mass is 32.2. The van der Waals surface area contributed by atoms with Crippen LogP contribution in [0, 0.1) is 6.92 Å². The number of carbonyl (C=O) groups is 1. The number of benzene rings is 2. The van der Waals surface area contributed by atoms with Gasteiger partial charge in [-0.05, 0) is 43.7 Å². The molecule has 0 bridgehead atoms. The first kappa shape index (κ1) is 16.8. The van der Waals surface area contributed by atoms with Crippen LogP contribution in [0.1, 0.15) is 18.1 Å². The van der Waals surface area contributed by atoms with Crippen LogP contribution in [0.2, 0.25) is 0 Å². The minimum absolute atomic E-state index is 0.118. The van der Waals surface area contributed by atoms with Crippen LogP contribution in [0.25, 0.3) is 6.08 Å². The number of rotatable bonds is 5. The number of carboxylic acids is 1. The van der Waals surface area contributed by atoms with Gasteiger partial charge in [-0.25, -0.2) is 13.2 Å². The van der Waals surface area contributed by atoms with E-state index in [2.05, 4.69) is 4.72 Å². The molecular weight excluding hydrogens is 314 g/mol. The summed E-state index contributed by atoms with van der Waals surface area (Å²) < 4.78 is 27.4. The van der Waals surface area contributed by atoms with Crippen molar-refractivity contribution in [3.8, 4) is 0 Å². The highest BCUT2D eigenvalue weighted by Gasteiger charge is 2.15. The molecule has 0 fully saturated rings. The van der Waals surface area contributed by atoms with Gasteiger partial charge in [-0.3, -0.25) is 4.72 Å². The van der Waals surface area contributed by atoms with Crippen molar-refractivity contribution in [2.24, 2.45) is 0 Å². The minimum atomic E-state index is -3.74. The van der Waals surface area contributed by atoms with E-state index in [0.717, 1.165) is 5.56 Å². The molecule has 120 valence electrons. The van der Waals surface area contributed by atoms with Crippen LogP contribution < -0.4 is 4.72 Å². The van der Waals surface area contributed by atoms with Crippen molar-refractivity contribution in [1.29, 1.82) is 0 Å². The fourth-order valence-electron chi connectivity index (χ4n) is 1.93. The molecule has 2 N–H and O–H groups in total. The molecular formula is C17H17NO4S. The summed E-state index contributed by atoms with van der Waals surface area (Å²) in [5.41, 5.74) is 1.90. The average molecular weight is 331 g/mol. The number of hydrogen-bond acceptors (Lipinski definition) is 3. The van der Waals surface area contributed by atoms with Crippen molar-refractivity contribution >= 4 is 27.8 Å². The van der Waals surface area contributed by atoms with Crippen LogP contribution >= 0.6 is 0 Å². The first-order valence-corrected chi connectivity index (χ1v) is 8.38. The van der Waals surface area contributed by atoms with E-state index in [0.29, 0.717) is 11.3 Å². The number of sulfonamides is 1. The molecule has 0 aliphatic heterocycles. The van der Waals surface area contributed by atoms with E-state index in [-0.39, 0.29) is 10.5 Å². The first-order valence-electron chi connectivity index (χ1n) is 6.90. The van der Waals surface area contributed by atoms with Crippen molar-refractivity contribution in [2.45, 2.75) is 18.7 Å². The predicted molar refractivity (Wildman–Crippen MR) is 89.7 cm³/mol. The number of anilines is 1. The minimum Gasteiger partial charge on any atom is -0.478 e. The third-order valence-corrected chi connectivity index (χ3v) is 4.63. The van der Waals surface area contributed by atoms with Gasteiger partial charge in [0.15, 0.2) is 0 Å². The predicted octanol–water partition coefficient (Wildman–Crippen LogP) is 3.28. The Morgan fingerprint density at radius 2 is 1.70 bits per heavy atom. The quantitative estimate of drug-likeness (QED) is 0.824. The van der Waals surface area contributed by atoms with E-state index in [4.69, 9.17) is 5.11 Å². The van der Waals surface area contributed by atoms with Crippen molar-refractivity contribution in [3.05, 3.63) is 65.2 Å². The lowest BCUT2D eigenvalue weighted by atomic mass is 10.1. The molecule has 0 heterocycles. The molecule has 2 rings (SSSR count). The molecule has 0 saturated heterocycles. The number of nitrogens with one attached hydrogen (secondary N) is 1. The molecule has 0 saturated carbocycles. The Morgan fingerprint density at radius 3 is 2.30 bits per heavy atom. The molecule has 0 unspecified atom stereocenters. The van der Waals surface area contributed by atoms with E-state index in [9.17, 15) is 13.2 Å². The van der Waals surface area contributed by atoms with Crippen molar-refractivity contribution in [3.63, 3.8) is 0 Å². The summed E-state index contributed by atoms with van der Waals surface area (Å²) in [5, 5.41) is 8.96. The van der Waals surface area contributed by atoms with Crippen LogP contribution in [-0.4, -0.2) is 19.5 Å². The van der Waals surface area contributed by atoms with Crippen LogP contribution in [0.15, 0.2) is 59.0 Å². The topological polar surface area (TPSA) is 83.5 Å². The molecule has 0 radical (unpaired) electrons. The Kier molecular flexibility index (Phi) is 4.86. The van der Waals surface area contributed by atoms with E-state index in [1.807, 2.05) is 6.92 Å². The monoisotopic (exact) mass is 331 g/mol. The smallest absolute Gasteiger partial charge is 0.331 e. The van der Waals surface area contributed by atoms with Gasteiger partial charge in [0.05, 0.1) is 10.6 Å². The lowest BCUT2D eigenvalue weighted by molar-refractivity contribution is -0.132. The van der Waals surface area contributed by atoms with Crippen LogP contribution in [0.4, 0.5) is 5.69 Å². The first-order chi connectivity index (χ1) is 10.8. The maximum Gasteiger partial charge on any atom is 0.331 e. The molecule has 0 aliphatic carbocycles. The maximum atomic E-state index is 12.4. The van der Waals surface area contributed by atoms with Gasteiger partial charge in [0.2, 0.25) is 0 Å². The SMILES string of the molecule is C/C(=C\c1ccccc1NS(=O)(=O)c1ccc(C)cc1)C(=O)O. The molecule has 2 aromatic carbocycles. The molecule has 0 aliphatic rings. The van der Waals surface area contributed by atoms with Gasteiger partial charge in [0, 0.05) is 5.57 Å². The van der Waals surface area contributed by atoms with E-state index in [1.165, 1.54) is 25.1 Å². The Bertz CT molecular complexity index is 852. The second-order valence-corrected chi connectivity index (χ2v) is 6.82. The van der Waals surface area contributed by atoms with Crippen molar-refractivity contribution in [1.82, 2.24) is 0 Å². The van der Waals surface area contributed by atoms with E-state index in [1.54, 1.807) is 36.4 Å². The Labute approximate surface area is 135 Å². The van der Waals surface area contributed by atoms with Gasteiger partial charge in [0.1, 0.15) is 0 Å². The van der Waals surface area contributed by atoms with Crippen molar-refractivity contribution < 1.29 is 18.3 Å². The Morgan fingerprint density at radius 1 is 1.09 bits per heavy atom. The average Bonchev–Trinajstić information content (AvgIpc) is 2.49. The highest BCUT2D eigenvalue weighted by Crippen LogP contribution is 2.22. The highest BCUT2D eigenvalue weighted by molar-refractivity contribution is 7.92. The summed E-state index contributed by atoms with van der Waals surface area (Å²) >= 11 is 0. The zero-order valence-corrected chi connectivity index (χ0v) is 13.6. The van der Waals surface area contributed by atoms with Gasteiger partial charge in [0.25, 0.3) is 10.0 Å². The number of carboxylic acid groups (broad SMARTS) is 1. The normalized spacial score (nSPS) is 12.0. The molecule has 0 spiro atoms. The number of hydrogen-bond donors (Lipinski definition) is 2. The molecule has 0 amide bonds. The standard InChI is InChI=1S/C17H17NO4S/c1-12-7-9-15(10-8-12)23(21,22)18-16-6-4-3-5-14(16)11-13(2)17(19)20/h3-11,18H,1-2H3,(H,19,20)/b13-11+. The van der Waals surface area contributed by atoms with E-state index < -0.39 is 16.0 Å². The second-order valence-electron chi connectivity index (χ2n) is 5.14. The van der Waals surface area contributed by atoms with Crippen LogP contribution in [0.3, 0.4) is 0 Å². The number of para-hydroxylation sites is 1.